The molecule has 0 aliphatic heterocycles. The van der Waals surface area contributed by atoms with Gasteiger partial charge in [-0.1, -0.05) is 59.9 Å². The summed E-state index contributed by atoms with van der Waals surface area (Å²) in [5.41, 5.74) is 3.96. The van der Waals surface area contributed by atoms with E-state index in [0.717, 1.165) is 21.3 Å². The second-order valence-electron chi connectivity index (χ2n) is 6.49. The van der Waals surface area contributed by atoms with Crippen LogP contribution in [0.2, 0.25) is 0 Å². The Hall–Kier alpha value is -3.49. The highest BCUT2D eigenvalue weighted by atomic mass is 32.1. The molecule has 0 bridgehead atoms. The lowest BCUT2D eigenvalue weighted by Gasteiger charge is -2.20. The molecule has 1 amide bonds. The van der Waals surface area contributed by atoms with E-state index in [9.17, 15) is 10.1 Å². The van der Waals surface area contributed by atoms with E-state index in [1.165, 1.54) is 11.3 Å². The predicted octanol–water partition coefficient (Wildman–Crippen LogP) is 5.32. The van der Waals surface area contributed by atoms with E-state index in [-0.39, 0.29) is 5.91 Å². The van der Waals surface area contributed by atoms with Crippen LogP contribution < -0.4 is 4.90 Å². The molecule has 0 radical (unpaired) electrons. The van der Waals surface area contributed by atoms with Crippen LogP contribution in [0.15, 0.2) is 72.8 Å². The van der Waals surface area contributed by atoms with Crippen LogP contribution in [-0.4, -0.2) is 10.9 Å². The number of thiazole rings is 1. The number of para-hydroxylation sites is 1. The molecule has 4 rings (SSSR count). The Morgan fingerprint density at radius 3 is 2.61 bits per heavy atom. The number of aromatic nitrogens is 1. The molecule has 0 aliphatic rings. The molecule has 5 heteroatoms. The number of rotatable bonds is 4. The number of hydrogen-bond acceptors (Lipinski definition) is 4. The highest BCUT2D eigenvalue weighted by Crippen LogP contribution is 2.32. The van der Waals surface area contributed by atoms with E-state index in [1.807, 2.05) is 55.5 Å². The lowest BCUT2D eigenvalue weighted by atomic mass is 10.1. The Labute approximate surface area is 167 Å². The Morgan fingerprint density at radius 2 is 1.86 bits per heavy atom. The van der Waals surface area contributed by atoms with E-state index in [1.54, 1.807) is 29.2 Å². The summed E-state index contributed by atoms with van der Waals surface area (Å²) in [7, 11) is 0. The number of benzene rings is 3. The summed E-state index contributed by atoms with van der Waals surface area (Å²) >= 11 is 1.50. The van der Waals surface area contributed by atoms with Crippen LogP contribution in [0.1, 0.15) is 27.0 Å². The zero-order valence-electron chi connectivity index (χ0n) is 15.3. The van der Waals surface area contributed by atoms with Crippen molar-refractivity contribution in [3.63, 3.8) is 0 Å². The molecule has 1 aromatic heterocycles. The predicted molar refractivity (Wildman–Crippen MR) is 112 cm³/mol. The molecule has 0 fully saturated rings. The third-order valence-electron chi connectivity index (χ3n) is 4.51. The van der Waals surface area contributed by atoms with Crippen LogP contribution in [0, 0.1) is 18.3 Å². The first kappa shape index (κ1) is 17.9. The van der Waals surface area contributed by atoms with Crippen LogP contribution >= 0.6 is 11.3 Å². The molecular formula is C23H17N3OS. The van der Waals surface area contributed by atoms with Gasteiger partial charge in [0, 0.05) is 5.56 Å². The fraction of sp³-hybridized carbons (Fsp3) is 0.0870. The van der Waals surface area contributed by atoms with Crippen LogP contribution in [0.5, 0.6) is 0 Å². The normalized spacial score (nSPS) is 10.6. The van der Waals surface area contributed by atoms with Gasteiger partial charge in [-0.15, -0.1) is 0 Å². The molecule has 4 aromatic rings. The van der Waals surface area contributed by atoms with Gasteiger partial charge in [-0.2, -0.15) is 5.26 Å². The molecule has 0 aliphatic carbocycles. The molecular weight excluding hydrogens is 366 g/mol. The van der Waals surface area contributed by atoms with Gasteiger partial charge >= 0.3 is 0 Å². The number of carbonyl (C=O) groups excluding carboxylic acids is 1. The smallest absolute Gasteiger partial charge is 0.260 e. The van der Waals surface area contributed by atoms with Crippen LogP contribution in [0.4, 0.5) is 5.13 Å². The zero-order chi connectivity index (χ0) is 19.5. The van der Waals surface area contributed by atoms with E-state index >= 15 is 0 Å². The summed E-state index contributed by atoms with van der Waals surface area (Å²) < 4.78 is 1.05. The Kier molecular flexibility index (Phi) is 4.88. The van der Waals surface area contributed by atoms with E-state index in [4.69, 9.17) is 4.98 Å². The average molecular weight is 383 g/mol. The van der Waals surface area contributed by atoms with Crippen LogP contribution in [0.25, 0.3) is 10.2 Å². The van der Waals surface area contributed by atoms with Crippen molar-refractivity contribution in [3.8, 4) is 6.07 Å². The second-order valence-corrected chi connectivity index (χ2v) is 7.50. The highest BCUT2D eigenvalue weighted by molar-refractivity contribution is 7.22. The molecule has 4 nitrogen and oxygen atoms in total. The van der Waals surface area contributed by atoms with E-state index < -0.39 is 0 Å². The fourth-order valence-electron chi connectivity index (χ4n) is 3.06. The van der Waals surface area contributed by atoms with Gasteiger partial charge in [0.25, 0.3) is 5.91 Å². The van der Waals surface area contributed by atoms with E-state index in [0.29, 0.717) is 22.8 Å². The quantitative estimate of drug-likeness (QED) is 0.479. The second kappa shape index (κ2) is 7.63. The summed E-state index contributed by atoms with van der Waals surface area (Å²) in [6.07, 6.45) is 0. The Morgan fingerprint density at radius 1 is 1.07 bits per heavy atom. The summed E-state index contributed by atoms with van der Waals surface area (Å²) in [6, 6.07) is 24.8. The van der Waals surface area contributed by atoms with Gasteiger partial charge in [0.05, 0.1) is 28.4 Å². The van der Waals surface area contributed by atoms with Crippen LogP contribution in [-0.2, 0) is 6.54 Å². The minimum absolute atomic E-state index is 0.169. The van der Waals surface area contributed by atoms with Crippen LogP contribution in [0.3, 0.4) is 0 Å². The van der Waals surface area contributed by atoms with Gasteiger partial charge in [-0.3, -0.25) is 9.69 Å². The lowest BCUT2D eigenvalue weighted by molar-refractivity contribution is 0.0985. The summed E-state index contributed by atoms with van der Waals surface area (Å²) in [5, 5.41) is 9.83. The van der Waals surface area contributed by atoms with Crippen molar-refractivity contribution in [2.24, 2.45) is 0 Å². The first-order valence-electron chi connectivity index (χ1n) is 8.88. The number of amides is 1. The zero-order valence-corrected chi connectivity index (χ0v) is 16.1. The highest BCUT2D eigenvalue weighted by Gasteiger charge is 2.22. The number of nitrogens with zero attached hydrogens (tertiary/aromatic N) is 3. The third-order valence-corrected chi connectivity index (χ3v) is 5.55. The lowest BCUT2D eigenvalue weighted by Crippen LogP contribution is -2.30. The number of fused-ring (bicyclic) bond motifs is 1. The third kappa shape index (κ3) is 3.51. The molecule has 0 saturated heterocycles. The number of carbonyl (C=O) groups is 1. The summed E-state index contributed by atoms with van der Waals surface area (Å²) in [5.74, 6) is -0.169. The van der Waals surface area contributed by atoms with Crippen molar-refractivity contribution < 1.29 is 4.79 Å². The number of aryl methyl sites for hydroxylation is 1. The number of anilines is 1. The van der Waals surface area contributed by atoms with E-state index in [2.05, 4.69) is 6.07 Å². The first-order valence-corrected chi connectivity index (χ1v) is 9.69. The maximum Gasteiger partial charge on any atom is 0.260 e. The van der Waals surface area contributed by atoms with Gasteiger partial charge in [-0.25, -0.2) is 4.98 Å². The number of nitriles is 1. The minimum atomic E-state index is -0.169. The van der Waals surface area contributed by atoms with Crippen molar-refractivity contribution in [1.29, 1.82) is 5.26 Å². The van der Waals surface area contributed by atoms with Crippen molar-refractivity contribution >= 4 is 32.6 Å². The fourth-order valence-corrected chi connectivity index (χ4v) is 4.10. The standard InChI is InChI=1S/C23H17N3OS/c1-16-7-5-12-20-21(16)25-23(28-20)26(15-17-8-3-2-4-9-17)22(27)19-11-6-10-18(13-19)14-24/h2-13H,15H2,1H3. The van der Waals surface area contributed by atoms with Crippen molar-refractivity contribution in [2.75, 3.05) is 4.90 Å². The molecule has 1 heterocycles. The van der Waals surface area contributed by atoms with Crippen molar-refractivity contribution in [2.45, 2.75) is 13.5 Å². The average Bonchev–Trinajstić information content (AvgIpc) is 3.18. The Balaban J connectivity index is 1.79. The first-order chi connectivity index (χ1) is 13.7. The molecule has 3 aromatic carbocycles. The van der Waals surface area contributed by atoms with Crippen molar-refractivity contribution in [1.82, 2.24) is 4.98 Å². The van der Waals surface area contributed by atoms with Gasteiger partial charge in [0.15, 0.2) is 5.13 Å². The monoisotopic (exact) mass is 383 g/mol. The molecule has 0 atom stereocenters. The SMILES string of the molecule is Cc1cccc2sc(N(Cc3ccccc3)C(=O)c3cccc(C#N)c3)nc12. The maximum atomic E-state index is 13.4. The van der Waals surface area contributed by atoms with Gasteiger partial charge in [0.2, 0.25) is 0 Å². The van der Waals surface area contributed by atoms with Crippen molar-refractivity contribution in [3.05, 3.63) is 95.1 Å². The summed E-state index contributed by atoms with van der Waals surface area (Å²) in [4.78, 5) is 19.8. The molecule has 0 unspecified atom stereocenters. The molecule has 0 N–H and O–H groups in total. The van der Waals surface area contributed by atoms with Gasteiger partial charge < -0.3 is 0 Å². The molecule has 136 valence electrons. The van der Waals surface area contributed by atoms with Gasteiger partial charge in [-0.05, 0) is 42.3 Å². The maximum absolute atomic E-state index is 13.4. The molecule has 0 spiro atoms. The number of hydrogen-bond donors (Lipinski definition) is 0. The van der Waals surface area contributed by atoms with Gasteiger partial charge in [0.1, 0.15) is 0 Å². The minimum Gasteiger partial charge on any atom is -0.279 e. The molecule has 0 saturated carbocycles. The summed E-state index contributed by atoms with van der Waals surface area (Å²) in [6.45, 7) is 2.43. The Bertz CT molecular complexity index is 1190. The molecule has 28 heavy (non-hydrogen) atoms. The topological polar surface area (TPSA) is 57.0 Å². The largest absolute Gasteiger partial charge is 0.279 e.